The number of methoxy groups -OCH3 is 2. The smallest absolute Gasteiger partial charge is 0.328 e. The second kappa shape index (κ2) is 6.58. The van der Waals surface area contributed by atoms with Gasteiger partial charge in [0.25, 0.3) is 5.69 Å². The van der Waals surface area contributed by atoms with E-state index in [1.165, 1.54) is 32.4 Å². The van der Waals surface area contributed by atoms with E-state index in [-0.39, 0.29) is 5.69 Å². The minimum absolute atomic E-state index is 0.0805. The fourth-order valence-corrected chi connectivity index (χ4v) is 1.58. The molecular formula is C12H16N2O5. The van der Waals surface area contributed by atoms with Crippen LogP contribution in [-0.2, 0) is 9.53 Å². The summed E-state index contributed by atoms with van der Waals surface area (Å²) in [6, 6.07) is 3.55. The summed E-state index contributed by atoms with van der Waals surface area (Å²) >= 11 is 0. The first-order valence-electron chi connectivity index (χ1n) is 5.70. The average molecular weight is 268 g/mol. The number of nitro groups is 1. The Bertz CT molecular complexity index is 475. The van der Waals surface area contributed by atoms with Crippen molar-refractivity contribution in [2.45, 2.75) is 19.4 Å². The Balaban J connectivity index is 3.05. The first-order chi connectivity index (χ1) is 9.03. The SMILES string of the molecule is CCC(Nc1cc([N+](=O)[O-])ccc1OC)C(=O)OC. The minimum Gasteiger partial charge on any atom is -0.495 e. The number of benzene rings is 1. The highest BCUT2D eigenvalue weighted by atomic mass is 16.6. The lowest BCUT2D eigenvalue weighted by atomic mass is 10.2. The number of nitro benzene ring substituents is 1. The standard InChI is InChI=1S/C12H16N2O5/c1-4-9(12(15)19-3)13-10-7-8(14(16)17)5-6-11(10)18-2/h5-7,9,13H,4H2,1-3H3. The fourth-order valence-electron chi connectivity index (χ4n) is 1.58. The fraction of sp³-hybridized carbons (Fsp3) is 0.417. The highest BCUT2D eigenvalue weighted by molar-refractivity contribution is 5.80. The van der Waals surface area contributed by atoms with Crippen LogP contribution in [0.5, 0.6) is 5.75 Å². The van der Waals surface area contributed by atoms with Crippen molar-refractivity contribution >= 4 is 17.3 Å². The van der Waals surface area contributed by atoms with Gasteiger partial charge in [-0.1, -0.05) is 6.92 Å². The molecule has 0 radical (unpaired) electrons. The lowest BCUT2D eigenvalue weighted by molar-refractivity contribution is -0.384. The first-order valence-corrected chi connectivity index (χ1v) is 5.70. The summed E-state index contributed by atoms with van der Waals surface area (Å²) in [5.41, 5.74) is 0.303. The molecule has 0 aliphatic rings. The molecule has 0 amide bonds. The Hall–Kier alpha value is -2.31. The maximum atomic E-state index is 11.5. The number of non-ortho nitro benzene ring substituents is 1. The molecule has 0 saturated heterocycles. The second-order valence-corrected chi connectivity index (χ2v) is 3.77. The highest BCUT2D eigenvalue weighted by Crippen LogP contribution is 2.29. The van der Waals surface area contributed by atoms with E-state index in [1.54, 1.807) is 6.92 Å². The van der Waals surface area contributed by atoms with Crippen molar-refractivity contribution in [1.82, 2.24) is 0 Å². The molecule has 104 valence electrons. The summed E-state index contributed by atoms with van der Waals surface area (Å²) in [6.45, 7) is 1.80. The minimum atomic E-state index is -0.582. The Kier molecular flexibility index (Phi) is 5.11. The lowest BCUT2D eigenvalue weighted by Crippen LogP contribution is -2.30. The van der Waals surface area contributed by atoms with Crippen molar-refractivity contribution < 1.29 is 19.2 Å². The summed E-state index contributed by atoms with van der Waals surface area (Å²) in [7, 11) is 2.74. The number of nitrogens with one attached hydrogen (secondary N) is 1. The molecule has 1 atom stereocenters. The molecule has 0 heterocycles. The maximum absolute atomic E-state index is 11.5. The molecule has 1 N–H and O–H groups in total. The lowest BCUT2D eigenvalue weighted by Gasteiger charge is -2.17. The largest absolute Gasteiger partial charge is 0.495 e. The van der Waals surface area contributed by atoms with Crippen LogP contribution in [0.3, 0.4) is 0 Å². The van der Waals surface area contributed by atoms with Crippen LogP contribution in [0.1, 0.15) is 13.3 Å². The number of carbonyl (C=O) groups is 1. The predicted octanol–water partition coefficient (Wildman–Crippen LogP) is 1.97. The predicted molar refractivity (Wildman–Crippen MR) is 69.4 cm³/mol. The number of nitrogens with zero attached hydrogens (tertiary/aromatic N) is 1. The number of rotatable bonds is 6. The van der Waals surface area contributed by atoms with Gasteiger partial charge in [0.05, 0.1) is 24.8 Å². The van der Waals surface area contributed by atoms with Crippen LogP contribution in [0.15, 0.2) is 18.2 Å². The van der Waals surface area contributed by atoms with Crippen LogP contribution in [-0.4, -0.2) is 31.2 Å². The van der Waals surface area contributed by atoms with Gasteiger partial charge in [0.15, 0.2) is 0 Å². The molecule has 19 heavy (non-hydrogen) atoms. The van der Waals surface area contributed by atoms with Gasteiger partial charge in [0.2, 0.25) is 0 Å². The van der Waals surface area contributed by atoms with Crippen molar-refractivity contribution in [2.24, 2.45) is 0 Å². The topological polar surface area (TPSA) is 90.7 Å². The zero-order chi connectivity index (χ0) is 14.4. The average Bonchev–Trinajstić information content (AvgIpc) is 2.43. The number of esters is 1. The molecule has 0 aliphatic carbocycles. The van der Waals surface area contributed by atoms with Gasteiger partial charge in [-0.2, -0.15) is 0 Å². The van der Waals surface area contributed by atoms with Gasteiger partial charge in [0.1, 0.15) is 11.8 Å². The van der Waals surface area contributed by atoms with Gasteiger partial charge >= 0.3 is 5.97 Å². The third-order valence-electron chi connectivity index (χ3n) is 2.62. The maximum Gasteiger partial charge on any atom is 0.328 e. The Morgan fingerprint density at radius 3 is 2.63 bits per heavy atom. The summed E-state index contributed by atoms with van der Waals surface area (Å²) < 4.78 is 9.75. The van der Waals surface area contributed by atoms with E-state index < -0.39 is 16.9 Å². The van der Waals surface area contributed by atoms with Gasteiger partial charge in [-0.05, 0) is 12.5 Å². The van der Waals surface area contributed by atoms with E-state index in [4.69, 9.17) is 4.74 Å². The summed E-state index contributed by atoms with van der Waals surface area (Å²) in [6.07, 6.45) is 0.485. The summed E-state index contributed by atoms with van der Waals surface area (Å²) in [4.78, 5) is 21.7. The van der Waals surface area contributed by atoms with Crippen LogP contribution in [0.2, 0.25) is 0 Å². The molecule has 7 nitrogen and oxygen atoms in total. The molecule has 1 rings (SSSR count). The van der Waals surface area contributed by atoms with Crippen LogP contribution in [0.4, 0.5) is 11.4 Å². The van der Waals surface area contributed by atoms with Crippen molar-refractivity contribution in [2.75, 3.05) is 19.5 Å². The molecular weight excluding hydrogens is 252 g/mol. The zero-order valence-electron chi connectivity index (χ0n) is 11.0. The third kappa shape index (κ3) is 3.57. The monoisotopic (exact) mass is 268 g/mol. The third-order valence-corrected chi connectivity index (χ3v) is 2.62. The number of hydrogen-bond donors (Lipinski definition) is 1. The van der Waals surface area contributed by atoms with Gasteiger partial charge in [-0.3, -0.25) is 10.1 Å². The second-order valence-electron chi connectivity index (χ2n) is 3.77. The molecule has 7 heteroatoms. The molecule has 1 aromatic carbocycles. The Morgan fingerprint density at radius 2 is 2.16 bits per heavy atom. The zero-order valence-corrected chi connectivity index (χ0v) is 11.0. The highest BCUT2D eigenvalue weighted by Gasteiger charge is 2.20. The molecule has 1 aromatic rings. The van der Waals surface area contributed by atoms with Crippen molar-refractivity contribution in [3.63, 3.8) is 0 Å². The van der Waals surface area contributed by atoms with Gasteiger partial charge < -0.3 is 14.8 Å². The molecule has 0 saturated carbocycles. The summed E-state index contributed by atoms with van der Waals surface area (Å²) in [5.74, 6) is -0.0102. The van der Waals surface area contributed by atoms with Gasteiger partial charge in [-0.25, -0.2) is 4.79 Å². The molecule has 1 unspecified atom stereocenters. The van der Waals surface area contributed by atoms with Gasteiger partial charge in [-0.15, -0.1) is 0 Å². The van der Waals surface area contributed by atoms with E-state index in [0.29, 0.717) is 17.9 Å². The van der Waals surface area contributed by atoms with Crippen LogP contribution in [0, 0.1) is 10.1 Å². The molecule has 0 fully saturated rings. The van der Waals surface area contributed by atoms with Gasteiger partial charge in [0, 0.05) is 12.1 Å². The normalized spacial score (nSPS) is 11.5. The quantitative estimate of drug-likeness (QED) is 0.482. The van der Waals surface area contributed by atoms with Crippen LogP contribution >= 0.6 is 0 Å². The van der Waals surface area contributed by atoms with Crippen LogP contribution < -0.4 is 10.1 Å². The van der Waals surface area contributed by atoms with E-state index in [2.05, 4.69) is 10.1 Å². The molecule has 0 aromatic heterocycles. The van der Waals surface area contributed by atoms with E-state index in [9.17, 15) is 14.9 Å². The van der Waals surface area contributed by atoms with Crippen LogP contribution in [0.25, 0.3) is 0 Å². The van der Waals surface area contributed by atoms with Crippen molar-refractivity contribution in [3.05, 3.63) is 28.3 Å². The number of carbonyl (C=O) groups excluding carboxylic acids is 1. The first kappa shape index (κ1) is 14.7. The van der Waals surface area contributed by atoms with Crippen molar-refractivity contribution in [3.8, 4) is 5.75 Å². The van der Waals surface area contributed by atoms with E-state index in [0.717, 1.165) is 0 Å². The number of hydrogen-bond acceptors (Lipinski definition) is 6. The molecule has 0 spiro atoms. The Morgan fingerprint density at radius 1 is 1.47 bits per heavy atom. The molecule has 0 aliphatic heterocycles. The number of anilines is 1. The van der Waals surface area contributed by atoms with Crippen molar-refractivity contribution in [1.29, 1.82) is 0 Å². The molecule has 0 bridgehead atoms. The Labute approximate surface area is 110 Å². The summed E-state index contributed by atoms with van der Waals surface area (Å²) in [5, 5.41) is 13.6. The number of ether oxygens (including phenoxy) is 2. The van der Waals surface area contributed by atoms with E-state index in [1.807, 2.05) is 0 Å². The van der Waals surface area contributed by atoms with E-state index >= 15 is 0 Å².